The lowest BCUT2D eigenvalue weighted by Crippen LogP contribution is -2.49. The summed E-state index contributed by atoms with van der Waals surface area (Å²) < 4.78 is 45.9. The number of morpholine rings is 1. The Morgan fingerprint density at radius 3 is 2.52 bits per heavy atom. The smallest absolute Gasteiger partial charge is 0.372 e. The summed E-state index contributed by atoms with van der Waals surface area (Å²) in [7, 11) is 0. The molecule has 0 saturated carbocycles. The SMILES string of the molecule is Cc1cc2cc(C(F)(F)F)nc-2n(CC(=O)N2C[C@H](C)O[C@@H](C)C2)c1. The van der Waals surface area contributed by atoms with Crippen LogP contribution in [0, 0.1) is 6.92 Å². The highest BCUT2D eigenvalue weighted by atomic mass is 19.4. The number of nitrogens with zero attached hydrogens (tertiary/aromatic N) is 3. The zero-order chi connectivity index (χ0) is 18.4. The van der Waals surface area contributed by atoms with Crippen LogP contribution in [0.3, 0.4) is 0 Å². The van der Waals surface area contributed by atoms with Gasteiger partial charge in [-0.15, -0.1) is 0 Å². The van der Waals surface area contributed by atoms with Crippen LogP contribution in [-0.4, -0.2) is 45.7 Å². The minimum Gasteiger partial charge on any atom is -0.372 e. The van der Waals surface area contributed by atoms with Gasteiger partial charge in [-0.3, -0.25) is 4.79 Å². The van der Waals surface area contributed by atoms with E-state index < -0.39 is 11.9 Å². The predicted molar refractivity (Wildman–Crippen MR) is 85.2 cm³/mol. The first-order chi connectivity index (χ1) is 11.6. The van der Waals surface area contributed by atoms with Crippen LogP contribution >= 0.6 is 0 Å². The summed E-state index contributed by atoms with van der Waals surface area (Å²) in [6.45, 7) is 6.46. The number of hydrogen-bond acceptors (Lipinski definition) is 3. The fraction of sp³-hybridized carbons (Fsp3) is 0.529. The number of aryl methyl sites for hydroxylation is 1. The number of carbonyl (C=O) groups excluding carboxylic acids is 1. The van der Waals surface area contributed by atoms with Crippen molar-refractivity contribution < 1.29 is 22.7 Å². The van der Waals surface area contributed by atoms with Gasteiger partial charge < -0.3 is 14.2 Å². The Balaban J connectivity index is 1.88. The standard InChI is InChI=1S/C17H20F3N3O2/c1-10-4-13-5-14(17(18,19)20)21-16(13)23(6-10)9-15(24)22-7-11(2)25-12(3)8-22/h4-6,11-12H,7-9H2,1-3H3/t11-,12-/m0/s1. The molecule has 3 aliphatic heterocycles. The summed E-state index contributed by atoms with van der Waals surface area (Å²) in [5.41, 5.74) is 0.205. The molecular weight excluding hydrogens is 335 g/mol. The molecule has 2 atom stereocenters. The number of fused-ring (bicyclic) bond motifs is 1. The molecule has 0 bridgehead atoms. The van der Waals surface area contributed by atoms with Crippen LogP contribution in [0.5, 0.6) is 0 Å². The van der Waals surface area contributed by atoms with Gasteiger partial charge in [-0.1, -0.05) is 0 Å². The van der Waals surface area contributed by atoms with E-state index >= 15 is 0 Å². The molecule has 3 heterocycles. The van der Waals surface area contributed by atoms with E-state index in [0.29, 0.717) is 18.7 Å². The van der Waals surface area contributed by atoms with E-state index in [4.69, 9.17) is 4.74 Å². The first-order valence-electron chi connectivity index (χ1n) is 8.11. The van der Waals surface area contributed by atoms with Crippen LogP contribution in [0.2, 0.25) is 0 Å². The van der Waals surface area contributed by atoms with Crippen LogP contribution in [0.25, 0.3) is 11.4 Å². The molecule has 1 amide bonds. The number of hydrogen-bond donors (Lipinski definition) is 0. The van der Waals surface area contributed by atoms with E-state index in [1.807, 2.05) is 13.8 Å². The topological polar surface area (TPSA) is 47.4 Å². The Bertz CT molecular complexity index is 746. The van der Waals surface area contributed by atoms with Gasteiger partial charge in [0.2, 0.25) is 5.91 Å². The van der Waals surface area contributed by atoms with Crippen molar-refractivity contribution in [3.8, 4) is 11.4 Å². The molecule has 0 spiro atoms. The quantitative estimate of drug-likeness (QED) is 0.832. The van der Waals surface area contributed by atoms with Gasteiger partial charge in [-0.05, 0) is 38.5 Å². The highest BCUT2D eigenvalue weighted by Gasteiger charge is 2.35. The fourth-order valence-electron chi connectivity index (χ4n) is 3.24. The summed E-state index contributed by atoms with van der Waals surface area (Å²) in [6.07, 6.45) is -2.99. The molecule has 0 aromatic rings. The second-order valence-electron chi connectivity index (χ2n) is 6.62. The number of amides is 1. The summed E-state index contributed by atoms with van der Waals surface area (Å²) in [5.74, 6) is 0.0103. The van der Waals surface area contributed by atoms with E-state index in [0.717, 1.165) is 11.6 Å². The van der Waals surface area contributed by atoms with E-state index in [-0.39, 0.29) is 30.5 Å². The predicted octanol–water partition coefficient (Wildman–Crippen LogP) is 2.95. The zero-order valence-electron chi connectivity index (χ0n) is 14.3. The lowest BCUT2D eigenvalue weighted by Gasteiger charge is -2.35. The van der Waals surface area contributed by atoms with Gasteiger partial charge in [-0.25, -0.2) is 4.98 Å². The Morgan fingerprint density at radius 2 is 1.92 bits per heavy atom. The molecule has 8 heteroatoms. The Morgan fingerprint density at radius 1 is 1.28 bits per heavy atom. The summed E-state index contributed by atoms with van der Waals surface area (Å²) >= 11 is 0. The highest BCUT2D eigenvalue weighted by molar-refractivity contribution is 5.77. The molecule has 3 rings (SSSR count). The molecule has 0 aromatic heterocycles. The van der Waals surface area contributed by atoms with Crippen molar-refractivity contribution in [2.75, 3.05) is 13.1 Å². The number of rotatable bonds is 2. The lowest BCUT2D eigenvalue weighted by atomic mass is 10.2. The average molecular weight is 355 g/mol. The van der Waals surface area contributed by atoms with E-state index in [1.54, 1.807) is 24.1 Å². The van der Waals surface area contributed by atoms with Crippen LogP contribution < -0.4 is 0 Å². The molecule has 0 N–H and O–H groups in total. The van der Waals surface area contributed by atoms with E-state index in [2.05, 4.69) is 4.98 Å². The fourth-order valence-corrected chi connectivity index (χ4v) is 3.24. The maximum atomic E-state index is 12.9. The molecule has 136 valence electrons. The molecule has 5 nitrogen and oxygen atoms in total. The van der Waals surface area contributed by atoms with Crippen molar-refractivity contribution in [1.29, 1.82) is 0 Å². The van der Waals surface area contributed by atoms with Crippen LogP contribution in [0.4, 0.5) is 13.2 Å². The maximum Gasteiger partial charge on any atom is 0.433 e. The molecule has 1 saturated heterocycles. The van der Waals surface area contributed by atoms with Crippen molar-refractivity contribution >= 4 is 5.91 Å². The number of ether oxygens (including phenoxy) is 1. The minimum absolute atomic E-state index is 0.0497. The first-order valence-corrected chi connectivity index (χ1v) is 8.11. The van der Waals surface area contributed by atoms with Crippen LogP contribution in [-0.2, 0) is 22.3 Å². The van der Waals surface area contributed by atoms with Crippen molar-refractivity contribution in [2.45, 2.75) is 45.7 Å². The third-order valence-electron chi connectivity index (χ3n) is 4.16. The normalized spacial score (nSPS) is 21.8. The largest absolute Gasteiger partial charge is 0.433 e. The number of pyridine rings is 1. The third kappa shape index (κ3) is 3.78. The summed E-state index contributed by atoms with van der Waals surface area (Å²) in [6, 6.07) is 2.65. The first kappa shape index (κ1) is 17.7. The van der Waals surface area contributed by atoms with Crippen molar-refractivity contribution in [3.05, 3.63) is 29.6 Å². The zero-order valence-corrected chi connectivity index (χ0v) is 14.3. The van der Waals surface area contributed by atoms with E-state index in [9.17, 15) is 18.0 Å². The molecular formula is C17H20F3N3O2. The van der Waals surface area contributed by atoms with Gasteiger partial charge in [0.15, 0.2) is 0 Å². The van der Waals surface area contributed by atoms with Crippen molar-refractivity contribution in [3.63, 3.8) is 0 Å². The molecule has 0 aromatic carbocycles. The number of alkyl halides is 3. The average Bonchev–Trinajstić information content (AvgIpc) is 2.90. The van der Waals surface area contributed by atoms with Gasteiger partial charge in [0.05, 0.1) is 12.2 Å². The second kappa shape index (κ2) is 6.33. The van der Waals surface area contributed by atoms with Crippen molar-refractivity contribution in [1.82, 2.24) is 14.5 Å². The molecule has 1 fully saturated rings. The summed E-state index contributed by atoms with van der Waals surface area (Å²) in [4.78, 5) is 18.0. The van der Waals surface area contributed by atoms with Gasteiger partial charge in [-0.2, -0.15) is 13.2 Å². The van der Waals surface area contributed by atoms with Gasteiger partial charge in [0.1, 0.15) is 18.1 Å². The summed E-state index contributed by atoms with van der Waals surface area (Å²) in [5, 5.41) is 0. The minimum atomic E-state index is -4.51. The van der Waals surface area contributed by atoms with E-state index in [1.165, 1.54) is 4.57 Å². The Kier molecular flexibility index (Phi) is 4.49. The lowest BCUT2D eigenvalue weighted by molar-refractivity contribution is -0.143. The molecule has 3 aliphatic rings. The monoisotopic (exact) mass is 355 g/mol. The number of aromatic nitrogens is 2. The Labute approximate surface area is 143 Å². The highest BCUT2D eigenvalue weighted by Crippen LogP contribution is 2.34. The molecule has 0 radical (unpaired) electrons. The number of halogens is 3. The number of carbonyl (C=O) groups is 1. The van der Waals surface area contributed by atoms with Crippen molar-refractivity contribution in [2.24, 2.45) is 0 Å². The van der Waals surface area contributed by atoms with Crippen LogP contribution in [0.1, 0.15) is 25.1 Å². The molecule has 25 heavy (non-hydrogen) atoms. The third-order valence-corrected chi connectivity index (χ3v) is 4.16. The molecule has 0 aliphatic carbocycles. The van der Waals surface area contributed by atoms with Gasteiger partial charge in [0.25, 0.3) is 0 Å². The maximum absolute atomic E-state index is 12.9. The Hall–Kier alpha value is -2.09. The van der Waals surface area contributed by atoms with Crippen LogP contribution in [0.15, 0.2) is 18.3 Å². The second-order valence-corrected chi connectivity index (χ2v) is 6.62. The van der Waals surface area contributed by atoms with Gasteiger partial charge >= 0.3 is 6.18 Å². The van der Waals surface area contributed by atoms with Gasteiger partial charge in [0, 0.05) is 24.8 Å². The molecule has 0 unspecified atom stereocenters.